The number of carbonyl (C=O) groups excluding carboxylic acids is 1. The highest BCUT2D eigenvalue weighted by Gasteiger charge is 2.33. The molecule has 1 amide bonds. The van der Waals surface area contributed by atoms with Gasteiger partial charge in [-0.2, -0.15) is 0 Å². The number of aliphatic imine (C=N–C) groups is 3. The number of benzene rings is 6. The zero-order chi connectivity index (χ0) is 99.4. The first-order valence-corrected chi connectivity index (χ1v) is 55.8. The molecular formula is C114H145N21OS6. The van der Waals surface area contributed by atoms with Crippen molar-refractivity contribution in [3.8, 4) is 0 Å². The molecule has 22 nitrogen and oxygen atoms in total. The molecule has 0 saturated carbocycles. The van der Waals surface area contributed by atoms with Crippen LogP contribution in [0.5, 0.6) is 0 Å². The molecule has 8 aliphatic heterocycles. The van der Waals surface area contributed by atoms with Gasteiger partial charge in [-0.05, 0) is 346 Å². The van der Waals surface area contributed by atoms with Crippen LogP contribution < -0.4 is 57.2 Å². The van der Waals surface area contributed by atoms with E-state index in [9.17, 15) is 4.79 Å². The fourth-order valence-corrected chi connectivity index (χ4v) is 23.9. The van der Waals surface area contributed by atoms with Gasteiger partial charge in [0.1, 0.15) is 17.5 Å². The van der Waals surface area contributed by atoms with Gasteiger partial charge in [0.2, 0.25) is 5.91 Å². The van der Waals surface area contributed by atoms with Crippen LogP contribution in [0.3, 0.4) is 0 Å². The largest absolute Gasteiger partial charge is 0.383 e. The van der Waals surface area contributed by atoms with E-state index in [2.05, 4.69) is 211 Å². The number of carbonyl (C=O) groups is 1. The van der Waals surface area contributed by atoms with Crippen molar-refractivity contribution in [3.63, 3.8) is 0 Å². The molecule has 11 N–H and O–H groups in total. The molecule has 2 fully saturated rings. The lowest BCUT2D eigenvalue weighted by Crippen LogP contribution is -2.43. The molecule has 0 radical (unpaired) electrons. The number of hydrogen-bond acceptors (Lipinski definition) is 24. The summed E-state index contributed by atoms with van der Waals surface area (Å²) in [7, 11) is 16.8. The van der Waals surface area contributed by atoms with Gasteiger partial charge in [0, 0.05) is 172 Å². The zero-order valence-electron chi connectivity index (χ0n) is 84.3. The number of thiophene rings is 6. The third kappa shape index (κ3) is 29.0. The molecule has 14 heterocycles. The lowest BCUT2D eigenvalue weighted by atomic mass is 9.95. The van der Waals surface area contributed by atoms with Crippen molar-refractivity contribution >= 4 is 160 Å². The average molecular weight is 2020 g/mol. The summed E-state index contributed by atoms with van der Waals surface area (Å²) in [5, 5.41) is 43.3. The van der Waals surface area contributed by atoms with Crippen LogP contribution in [0.25, 0.3) is 0 Å². The van der Waals surface area contributed by atoms with Crippen molar-refractivity contribution < 1.29 is 4.79 Å². The quantitative estimate of drug-likeness (QED) is 0.0160. The summed E-state index contributed by atoms with van der Waals surface area (Å²) >= 11 is 9.78. The number of aryl methyl sites for hydroxylation is 5. The maximum Gasteiger partial charge on any atom is 0.227 e. The lowest BCUT2D eigenvalue weighted by Gasteiger charge is -2.36. The van der Waals surface area contributed by atoms with E-state index in [1.54, 1.807) is 68.0 Å². The van der Waals surface area contributed by atoms with E-state index < -0.39 is 0 Å². The van der Waals surface area contributed by atoms with E-state index in [1.807, 2.05) is 136 Å². The Balaban J connectivity index is 0.000000129. The van der Waals surface area contributed by atoms with Crippen LogP contribution in [0.1, 0.15) is 144 Å². The molecule has 28 heteroatoms. The molecule has 142 heavy (non-hydrogen) atoms. The topological polar surface area (TPSA) is 260 Å². The van der Waals surface area contributed by atoms with E-state index in [4.69, 9.17) is 38.4 Å². The number of likely N-dealkylation sites (N-methyl/N-ethyl adjacent to an activating group) is 5. The van der Waals surface area contributed by atoms with Gasteiger partial charge in [0.05, 0.1) is 54.5 Å². The Morgan fingerprint density at radius 1 is 0.394 bits per heavy atom. The van der Waals surface area contributed by atoms with Gasteiger partial charge < -0.3 is 93.1 Å². The van der Waals surface area contributed by atoms with Crippen LogP contribution >= 0.6 is 68.0 Å². The Kier molecular flexibility index (Phi) is 38.8. The van der Waals surface area contributed by atoms with Gasteiger partial charge in [0.15, 0.2) is 0 Å². The standard InChI is InChI=1S/C20H26N4S.2C20H25N3S.2C18H24N4S.C18H21N3OS/c1-15-7-4-8-16-9-5-10-17(19(16)24(15)13-12-23(2)3)22-20(21)18-11-6-14-25-18;1-22-10-8-17(14-22)23-9-2-4-16-12-15(6-7-19(16)23)13-18(21)20-5-3-11-24-20;1-22-9-7-17(8-10-22)23-11-6-16-13-15(4-5-19(16)23)14-18(21)20-3-2-12-24-20;1-21(2)10-11-22-9-3-5-14-7-8-15(13-16(14)22)20-18(19)17-6-4-12-23-17;1-20-9-11-22-10-3-2-5-14-13-15(7-8-16(14)22)21-18(19)17-6-4-12-23-17;1-20-8-9-21-16-6-4-13(11-14(16)5-7-18(21)22)12-15(19)17-3-2-10-23-17/h5-6,9-11,14H,1,4,7-8,12-13H2,2-3H3,(H2,21,22);3,5-7,11-12,17,21H,2,4,8-10,13-14H2,1H3;2-5,12-13,17,21H,6-11,14H2,1H3;4,6-8,12-13H,3,5,9-11H2,1-2H3,(H2,19,20);4,6-8,12-13,20H,2-3,5,9-11H2,1H3,(H2,19,21);2-4,6,10-11,19-20H,5,7-9,12H2,1H3. The number of fused-ring (bicyclic) bond motifs is 6. The minimum absolute atomic E-state index is 0.201. The minimum atomic E-state index is 0.201. The number of allylic oxidation sites excluding steroid dienone is 1. The number of likely N-dealkylation sites (tertiary alicyclic amines) is 2. The van der Waals surface area contributed by atoms with E-state index in [0.29, 0.717) is 54.7 Å². The molecular weight excluding hydrogens is 1870 g/mol. The van der Waals surface area contributed by atoms with Crippen LogP contribution in [-0.2, 0) is 62.6 Å². The summed E-state index contributed by atoms with van der Waals surface area (Å²) in [6.07, 6.45) is 20.1. The van der Waals surface area contributed by atoms with Crippen LogP contribution in [0.15, 0.2) is 242 Å². The fourth-order valence-electron chi connectivity index (χ4n) is 20.0. The maximum absolute atomic E-state index is 12.1. The number of rotatable bonds is 29. The molecule has 1 atom stereocenters. The predicted octanol–water partition coefficient (Wildman–Crippen LogP) is 20.7. The molecule has 8 aliphatic rings. The number of piperidine rings is 1. The smallest absolute Gasteiger partial charge is 0.227 e. The molecule has 20 rings (SSSR count). The van der Waals surface area contributed by atoms with Crippen molar-refractivity contribution in [1.29, 1.82) is 16.2 Å². The Hall–Kier alpha value is -11.1. The number of nitrogens with one attached hydrogen (secondary N) is 5. The van der Waals surface area contributed by atoms with Crippen LogP contribution in [0.4, 0.5) is 51.2 Å². The van der Waals surface area contributed by atoms with Crippen molar-refractivity contribution in [3.05, 3.63) is 306 Å². The zero-order valence-corrected chi connectivity index (χ0v) is 89.2. The van der Waals surface area contributed by atoms with Gasteiger partial charge >= 0.3 is 0 Å². The number of hydrogen-bond donors (Lipinski definition) is 8. The second-order valence-electron chi connectivity index (χ2n) is 38.6. The van der Waals surface area contributed by atoms with Crippen LogP contribution in [-0.4, -0.2) is 233 Å². The molecule has 748 valence electrons. The first kappa shape index (κ1) is 105. The Morgan fingerprint density at radius 3 is 1.41 bits per heavy atom. The summed E-state index contributed by atoms with van der Waals surface area (Å²) in [6, 6.07) is 64.8. The van der Waals surface area contributed by atoms with E-state index >= 15 is 0 Å². The van der Waals surface area contributed by atoms with Crippen molar-refractivity contribution in [1.82, 2.24) is 30.2 Å². The molecule has 0 bridgehead atoms. The first-order valence-electron chi connectivity index (χ1n) is 50.5. The van der Waals surface area contributed by atoms with Crippen molar-refractivity contribution in [2.75, 3.05) is 190 Å². The van der Waals surface area contributed by atoms with Gasteiger partial charge in [-0.25, -0.2) is 15.0 Å². The van der Waals surface area contributed by atoms with Crippen molar-refractivity contribution in [2.45, 2.75) is 134 Å². The third-order valence-electron chi connectivity index (χ3n) is 27.6. The molecule has 6 aromatic heterocycles. The molecule has 0 aliphatic carbocycles. The Morgan fingerprint density at radius 2 is 0.852 bits per heavy atom. The predicted molar refractivity (Wildman–Crippen MR) is 611 cm³/mol. The lowest BCUT2D eigenvalue weighted by molar-refractivity contribution is -0.118. The fraction of sp³-hybridized carbons (Fsp3) is 0.395. The van der Waals surface area contributed by atoms with Gasteiger partial charge in [-0.15, -0.1) is 68.0 Å². The molecule has 0 spiro atoms. The summed E-state index contributed by atoms with van der Waals surface area (Å²) in [6.45, 7) is 21.3. The van der Waals surface area contributed by atoms with Crippen LogP contribution in [0, 0.1) is 16.2 Å². The molecule has 2 saturated heterocycles. The maximum atomic E-state index is 12.1. The number of nitrogens with two attached hydrogens (primary N) is 3. The Labute approximate surface area is 867 Å². The van der Waals surface area contributed by atoms with Gasteiger partial charge in [0.25, 0.3) is 0 Å². The van der Waals surface area contributed by atoms with E-state index in [1.165, 1.54) is 157 Å². The van der Waals surface area contributed by atoms with E-state index in [-0.39, 0.29) is 5.91 Å². The third-order valence-corrected chi connectivity index (χ3v) is 33.1. The van der Waals surface area contributed by atoms with Gasteiger partial charge in [-0.1, -0.05) is 97.6 Å². The SMILES string of the molecule is C=C1CCCc2cccc(N=C(N)c3cccs3)c2N1CCN(C)C.CN(C)CCN1CCCc2ccc(N=C(N)c3cccs3)cc21.CN1CCC(N2CCCc3cc(CC(=N)c4cccs4)ccc32)C1.CN1CCC(N2CCc3cc(CC(=N)c4cccs4)ccc32)CC1.CNCCN1C(=O)CCc2cc(CC(=N)c3cccs3)ccc21.CNCCN1CCCCc2cc(N=C(N)c3cccs3)ccc21. The number of nitrogens with zero attached hydrogens (tertiary/aromatic N) is 13. The Bertz CT molecular complexity index is 6170. The highest BCUT2D eigenvalue weighted by atomic mass is 32.1. The van der Waals surface area contributed by atoms with Crippen molar-refractivity contribution in [2.24, 2.45) is 32.2 Å². The summed E-state index contributed by atoms with van der Waals surface area (Å²) < 4.78 is 0. The van der Waals surface area contributed by atoms with Gasteiger partial charge in [-0.3, -0.25) is 4.79 Å². The monoisotopic (exact) mass is 2020 g/mol. The average Bonchev–Trinajstić information content (AvgIpc) is 1.43. The number of para-hydroxylation sites is 1. The summed E-state index contributed by atoms with van der Waals surface area (Å²) in [4.78, 5) is 56.1. The summed E-state index contributed by atoms with van der Waals surface area (Å²) in [5.41, 5.74) is 44.4. The van der Waals surface area contributed by atoms with Crippen LogP contribution in [0.2, 0.25) is 0 Å². The number of amidine groups is 3. The molecule has 12 aromatic rings. The number of anilines is 6. The molecule has 6 aromatic carbocycles. The van der Waals surface area contributed by atoms with E-state index in [0.717, 1.165) is 198 Å². The second kappa shape index (κ2) is 52.4. The first-order chi connectivity index (χ1) is 69.1. The summed E-state index contributed by atoms with van der Waals surface area (Å²) in [5.74, 6) is 1.97. The normalized spacial score (nSPS) is 16.6. The minimum Gasteiger partial charge on any atom is -0.383 e. The highest BCUT2D eigenvalue weighted by molar-refractivity contribution is 7.13. The second-order valence-corrected chi connectivity index (χ2v) is 44.3. The highest BCUT2D eigenvalue weighted by Crippen LogP contribution is 2.42. The number of amides is 1. The molecule has 1 unspecified atom stereocenters.